The van der Waals surface area contributed by atoms with E-state index in [0.29, 0.717) is 17.9 Å². The van der Waals surface area contributed by atoms with E-state index < -0.39 is 0 Å². The van der Waals surface area contributed by atoms with Crippen LogP contribution in [-0.2, 0) is 0 Å². The van der Waals surface area contributed by atoms with Crippen LogP contribution in [0.1, 0.15) is 40.6 Å². The van der Waals surface area contributed by atoms with Crippen LogP contribution < -0.4 is 5.32 Å². The average Bonchev–Trinajstić information content (AvgIpc) is 2.97. The van der Waals surface area contributed by atoms with E-state index in [1.54, 1.807) is 0 Å². The molecule has 2 aromatic carbocycles. The Hall–Kier alpha value is -1.73. The molecule has 22 heavy (non-hydrogen) atoms. The lowest BCUT2D eigenvalue weighted by atomic mass is 9.76. The van der Waals surface area contributed by atoms with Gasteiger partial charge < -0.3 is 5.32 Å². The average molecular weight is 310 g/mol. The van der Waals surface area contributed by atoms with Crippen molar-refractivity contribution < 1.29 is 0 Å². The molecule has 0 amide bonds. The first-order chi connectivity index (χ1) is 10.6. The third-order valence-corrected chi connectivity index (χ3v) is 5.29. The summed E-state index contributed by atoms with van der Waals surface area (Å²) in [7, 11) is 0. The third-order valence-electron chi connectivity index (χ3n) is 5.04. The van der Waals surface area contributed by atoms with Gasteiger partial charge in [0.15, 0.2) is 0 Å². The molecule has 1 aliphatic carbocycles. The van der Waals surface area contributed by atoms with Gasteiger partial charge in [-0.1, -0.05) is 53.6 Å². The molecule has 0 spiro atoms. The van der Waals surface area contributed by atoms with E-state index in [0.717, 1.165) is 11.4 Å². The lowest BCUT2D eigenvalue weighted by molar-refractivity contribution is 0.425. The Bertz CT molecular complexity index is 745. The summed E-state index contributed by atoms with van der Waals surface area (Å²) in [4.78, 5) is 0. The van der Waals surface area contributed by atoms with Crippen LogP contribution in [0.25, 0.3) is 0 Å². The largest absolute Gasteiger partial charge is 0.377 e. The van der Waals surface area contributed by atoms with Crippen LogP contribution in [0.15, 0.2) is 48.6 Å². The normalized spacial score (nSPS) is 25.5. The van der Waals surface area contributed by atoms with Gasteiger partial charge in [0, 0.05) is 16.6 Å². The lowest BCUT2D eigenvalue weighted by Crippen LogP contribution is -2.29. The quantitative estimate of drug-likeness (QED) is 0.658. The predicted molar refractivity (Wildman–Crippen MR) is 93.7 cm³/mol. The summed E-state index contributed by atoms with van der Waals surface area (Å²) in [6, 6.07) is 13.3. The van der Waals surface area contributed by atoms with Crippen molar-refractivity contribution in [3.8, 4) is 0 Å². The van der Waals surface area contributed by atoms with E-state index in [4.69, 9.17) is 11.6 Å². The molecule has 0 saturated carbocycles. The minimum absolute atomic E-state index is 0.353. The molecule has 1 N–H and O–H groups in total. The third kappa shape index (κ3) is 2.16. The van der Waals surface area contributed by atoms with E-state index in [1.807, 2.05) is 12.1 Å². The zero-order chi connectivity index (χ0) is 15.3. The van der Waals surface area contributed by atoms with Crippen LogP contribution in [0.3, 0.4) is 0 Å². The monoisotopic (exact) mass is 309 g/mol. The zero-order valence-corrected chi connectivity index (χ0v) is 13.7. The fraction of sp³-hybridized carbons (Fsp3) is 0.300. The van der Waals surface area contributed by atoms with Crippen molar-refractivity contribution in [1.82, 2.24) is 0 Å². The number of fused-ring (bicyclic) bond motifs is 3. The SMILES string of the molecule is Cc1cc(C)c2c(c1)C1C=CCC1C(c1ccc(Cl)cc1)N2. The van der Waals surface area contributed by atoms with Gasteiger partial charge >= 0.3 is 0 Å². The molecular weight excluding hydrogens is 290 g/mol. The highest BCUT2D eigenvalue weighted by molar-refractivity contribution is 6.30. The Balaban J connectivity index is 1.82. The molecule has 0 aromatic heterocycles. The number of hydrogen-bond acceptors (Lipinski definition) is 1. The summed E-state index contributed by atoms with van der Waals surface area (Å²) in [5.41, 5.74) is 6.79. The summed E-state index contributed by atoms with van der Waals surface area (Å²) >= 11 is 6.05. The van der Waals surface area contributed by atoms with E-state index in [-0.39, 0.29) is 0 Å². The van der Waals surface area contributed by atoms with Gasteiger partial charge in [0.1, 0.15) is 0 Å². The first kappa shape index (κ1) is 13.9. The highest BCUT2D eigenvalue weighted by Gasteiger charge is 2.38. The number of anilines is 1. The van der Waals surface area contributed by atoms with Crippen molar-refractivity contribution in [2.24, 2.45) is 5.92 Å². The number of allylic oxidation sites excluding steroid dienone is 2. The molecule has 2 heteroatoms. The van der Waals surface area contributed by atoms with E-state index in [9.17, 15) is 0 Å². The minimum Gasteiger partial charge on any atom is -0.377 e. The number of hydrogen-bond donors (Lipinski definition) is 1. The maximum absolute atomic E-state index is 6.05. The van der Waals surface area contributed by atoms with Crippen LogP contribution in [0.5, 0.6) is 0 Å². The molecule has 3 unspecified atom stereocenters. The standard InChI is InChI=1S/C20H20ClN/c1-12-10-13(2)19-18(11-12)16-4-3-5-17(16)20(22-19)14-6-8-15(21)9-7-14/h3-4,6-11,16-17,20,22H,5H2,1-2H3. The van der Waals surface area contributed by atoms with Gasteiger partial charge in [-0.05, 0) is 55.0 Å². The first-order valence-electron chi connectivity index (χ1n) is 7.93. The van der Waals surface area contributed by atoms with E-state index in [1.165, 1.54) is 27.9 Å². The van der Waals surface area contributed by atoms with Crippen molar-refractivity contribution in [3.05, 3.63) is 75.8 Å². The number of rotatable bonds is 1. The Morgan fingerprint density at radius 1 is 1.09 bits per heavy atom. The molecule has 0 saturated heterocycles. The van der Waals surface area contributed by atoms with Crippen molar-refractivity contribution >= 4 is 17.3 Å². The van der Waals surface area contributed by atoms with Crippen LogP contribution in [-0.4, -0.2) is 0 Å². The van der Waals surface area contributed by atoms with Crippen molar-refractivity contribution in [3.63, 3.8) is 0 Å². The van der Waals surface area contributed by atoms with Crippen molar-refractivity contribution in [1.29, 1.82) is 0 Å². The molecule has 112 valence electrons. The smallest absolute Gasteiger partial charge is 0.0554 e. The summed E-state index contributed by atoms with van der Waals surface area (Å²) in [6.45, 7) is 4.39. The highest BCUT2D eigenvalue weighted by Crippen LogP contribution is 2.50. The molecule has 1 heterocycles. The molecule has 0 fully saturated rings. The zero-order valence-electron chi connectivity index (χ0n) is 12.9. The summed E-state index contributed by atoms with van der Waals surface area (Å²) in [6.07, 6.45) is 5.87. The Morgan fingerprint density at radius 2 is 1.86 bits per heavy atom. The second-order valence-electron chi connectivity index (χ2n) is 6.57. The molecule has 1 nitrogen and oxygen atoms in total. The minimum atomic E-state index is 0.353. The molecule has 0 bridgehead atoms. The Labute approximate surface area is 137 Å². The van der Waals surface area contributed by atoms with Gasteiger partial charge in [-0.3, -0.25) is 0 Å². The first-order valence-corrected chi connectivity index (χ1v) is 8.31. The van der Waals surface area contributed by atoms with Gasteiger partial charge in [-0.2, -0.15) is 0 Å². The summed E-state index contributed by atoms with van der Waals surface area (Å²) in [5, 5.41) is 4.62. The maximum atomic E-state index is 6.05. The number of halogens is 1. The van der Waals surface area contributed by atoms with Gasteiger partial charge in [0.05, 0.1) is 6.04 Å². The molecule has 4 rings (SSSR count). The molecule has 1 aliphatic heterocycles. The number of benzene rings is 2. The summed E-state index contributed by atoms with van der Waals surface area (Å²) < 4.78 is 0. The predicted octanol–water partition coefficient (Wildman–Crippen LogP) is 5.78. The molecule has 2 aromatic rings. The van der Waals surface area contributed by atoms with Crippen LogP contribution in [0, 0.1) is 19.8 Å². The van der Waals surface area contributed by atoms with Crippen LogP contribution in [0.4, 0.5) is 5.69 Å². The van der Waals surface area contributed by atoms with Crippen molar-refractivity contribution in [2.75, 3.05) is 5.32 Å². The second kappa shape index (κ2) is 5.17. The van der Waals surface area contributed by atoms with Gasteiger partial charge in [0.25, 0.3) is 0 Å². The molecule has 3 atom stereocenters. The molecular formula is C20H20ClN. The van der Waals surface area contributed by atoms with Gasteiger partial charge in [-0.15, -0.1) is 0 Å². The summed E-state index contributed by atoms with van der Waals surface area (Å²) in [5.74, 6) is 1.12. The number of aryl methyl sites for hydroxylation is 2. The van der Waals surface area contributed by atoms with Crippen molar-refractivity contribution in [2.45, 2.75) is 32.2 Å². The van der Waals surface area contributed by atoms with Crippen LogP contribution in [0.2, 0.25) is 5.02 Å². The fourth-order valence-electron chi connectivity index (χ4n) is 4.07. The Morgan fingerprint density at radius 3 is 2.64 bits per heavy atom. The van der Waals surface area contributed by atoms with Gasteiger partial charge in [0.2, 0.25) is 0 Å². The van der Waals surface area contributed by atoms with Crippen LogP contribution >= 0.6 is 11.6 Å². The molecule has 2 aliphatic rings. The van der Waals surface area contributed by atoms with Gasteiger partial charge in [-0.25, -0.2) is 0 Å². The number of nitrogens with one attached hydrogen (secondary N) is 1. The molecule has 0 radical (unpaired) electrons. The van der Waals surface area contributed by atoms with E-state index in [2.05, 4.69) is 55.6 Å². The lowest BCUT2D eigenvalue weighted by Gasteiger charge is -2.38. The fourth-order valence-corrected chi connectivity index (χ4v) is 4.20. The topological polar surface area (TPSA) is 12.0 Å². The highest BCUT2D eigenvalue weighted by atomic mass is 35.5. The second-order valence-corrected chi connectivity index (χ2v) is 7.01. The Kier molecular flexibility index (Phi) is 3.27. The van der Waals surface area contributed by atoms with E-state index >= 15 is 0 Å². The maximum Gasteiger partial charge on any atom is 0.0554 e.